The number of carbonyl (C=O) groups excluding carboxylic acids is 2. The molecule has 0 aliphatic heterocycles. The van der Waals surface area contributed by atoms with Crippen LogP contribution in [-0.2, 0) is 26.2 Å². The second-order valence-corrected chi connectivity index (χ2v) is 11.0. The Hall–Kier alpha value is -3.65. The monoisotopic (exact) mass is 521 g/mol. The lowest BCUT2D eigenvalue weighted by Crippen LogP contribution is -2.51. The number of anilines is 1. The van der Waals surface area contributed by atoms with Crippen LogP contribution in [0.2, 0.25) is 0 Å². The molecule has 196 valence electrons. The van der Waals surface area contributed by atoms with Crippen LogP contribution in [0.15, 0.2) is 77.7 Å². The first-order valence-corrected chi connectivity index (χ1v) is 13.7. The lowest BCUT2D eigenvalue weighted by atomic mass is 10.1. The van der Waals surface area contributed by atoms with Crippen molar-refractivity contribution in [1.82, 2.24) is 10.2 Å². The Balaban J connectivity index is 2.09. The van der Waals surface area contributed by atoms with Gasteiger partial charge in [0.15, 0.2) is 0 Å². The second-order valence-electron chi connectivity index (χ2n) is 9.16. The van der Waals surface area contributed by atoms with E-state index in [2.05, 4.69) is 5.32 Å². The van der Waals surface area contributed by atoms with E-state index in [1.54, 1.807) is 30.3 Å². The van der Waals surface area contributed by atoms with Gasteiger partial charge in [0.2, 0.25) is 11.8 Å². The smallest absolute Gasteiger partial charge is 0.264 e. The molecule has 3 aromatic rings. The van der Waals surface area contributed by atoms with E-state index in [0.29, 0.717) is 12.1 Å². The van der Waals surface area contributed by atoms with E-state index in [0.717, 1.165) is 26.6 Å². The number of aryl methyl sites for hydroxylation is 3. The number of rotatable bonds is 10. The molecule has 0 saturated heterocycles. The van der Waals surface area contributed by atoms with Crippen molar-refractivity contribution in [3.8, 4) is 0 Å². The molecule has 37 heavy (non-hydrogen) atoms. The van der Waals surface area contributed by atoms with Gasteiger partial charge >= 0.3 is 0 Å². The Morgan fingerprint density at radius 3 is 2.08 bits per heavy atom. The minimum Gasteiger partial charge on any atom is -0.357 e. The molecule has 0 fully saturated rings. The Bertz CT molecular complexity index is 1340. The van der Waals surface area contributed by atoms with Crippen LogP contribution in [0.5, 0.6) is 0 Å². The van der Waals surface area contributed by atoms with Crippen LogP contribution in [0.1, 0.15) is 35.6 Å². The van der Waals surface area contributed by atoms with Gasteiger partial charge in [-0.05, 0) is 56.5 Å². The number of carbonyl (C=O) groups is 2. The number of amides is 2. The third kappa shape index (κ3) is 6.57. The average Bonchev–Trinajstić information content (AvgIpc) is 2.88. The maximum absolute atomic E-state index is 13.9. The van der Waals surface area contributed by atoms with Gasteiger partial charge < -0.3 is 10.2 Å². The molecule has 0 saturated carbocycles. The molecule has 0 unspecified atom stereocenters. The third-order valence-corrected chi connectivity index (χ3v) is 8.11. The first-order chi connectivity index (χ1) is 17.6. The van der Waals surface area contributed by atoms with Gasteiger partial charge in [-0.3, -0.25) is 13.9 Å². The van der Waals surface area contributed by atoms with Crippen molar-refractivity contribution in [2.24, 2.45) is 0 Å². The van der Waals surface area contributed by atoms with Crippen LogP contribution in [0, 0.1) is 20.8 Å². The first-order valence-electron chi connectivity index (χ1n) is 12.3. The Morgan fingerprint density at radius 1 is 0.892 bits per heavy atom. The molecule has 0 radical (unpaired) electrons. The van der Waals surface area contributed by atoms with E-state index in [1.165, 1.54) is 11.9 Å². The maximum Gasteiger partial charge on any atom is 0.264 e. The van der Waals surface area contributed by atoms with Crippen molar-refractivity contribution in [3.63, 3.8) is 0 Å². The Kier molecular flexibility index (Phi) is 9.10. The lowest BCUT2D eigenvalue weighted by Gasteiger charge is -2.33. The molecule has 1 atom stereocenters. The predicted octanol–water partition coefficient (Wildman–Crippen LogP) is 4.36. The molecular weight excluding hydrogens is 486 g/mol. The van der Waals surface area contributed by atoms with Crippen LogP contribution in [0.25, 0.3) is 0 Å². The number of hydrogen-bond donors (Lipinski definition) is 1. The summed E-state index contributed by atoms with van der Waals surface area (Å²) < 4.78 is 29.0. The maximum atomic E-state index is 13.9. The number of nitrogens with zero attached hydrogens (tertiary/aromatic N) is 2. The highest BCUT2D eigenvalue weighted by atomic mass is 32.2. The van der Waals surface area contributed by atoms with E-state index in [-0.39, 0.29) is 17.3 Å². The molecule has 0 aliphatic rings. The highest BCUT2D eigenvalue weighted by Gasteiger charge is 2.33. The number of hydrogen-bond acceptors (Lipinski definition) is 4. The molecular formula is C29H35N3O4S. The Morgan fingerprint density at radius 2 is 1.51 bits per heavy atom. The standard InChI is InChI=1S/C29H35N3O4S/c1-6-26(29(34)30-5)31(19-24-10-8-7-9-11-24)28(33)20-32(27-17-14-22(3)18-23(27)4)37(35,36)25-15-12-21(2)13-16-25/h7-18,26H,6,19-20H2,1-5H3,(H,30,34)/t26-/m1/s1. The summed E-state index contributed by atoms with van der Waals surface area (Å²) >= 11 is 0. The zero-order valence-electron chi connectivity index (χ0n) is 22.1. The van der Waals surface area contributed by atoms with E-state index in [9.17, 15) is 18.0 Å². The highest BCUT2D eigenvalue weighted by molar-refractivity contribution is 7.92. The molecule has 2 amide bonds. The van der Waals surface area contributed by atoms with Gasteiger partial charge in [0.1, 0.15) is 12.6 Å². The fourth-order valence-electron chi connectivity index (χ4n) is 4.30. The van der Waals surface area contributed by atoms with Crippen molar-refractivity contribution in [1.29, 1.82) is 0 Å². The number of nitrogens with one attached hydrogen (secondary N) is 1. The molecule has 0 aliphatic carbocycles. The van der Waals surface area contributed by atoms with E-state index in [4.69, 9.17) is 0 Å². The van der Waals surface area contributed by atoms with Crippen LogP contribution in [-0.4, -0.2) is 44.8 Å². The molecule has 0 heterocycles. The SMILES string of the molecule is CC[C@H](C(=O)NC)N(Cc1ccccc1)C(=O)CN(c1ccc(C)cc1C)S(=O)(=O)c1ccc(C)cc1. The summed E-state index contributed by atoms with van der Waals surface area (Å²) in [6.45, 7) is 7.20. The zero-order valence-corrected chi connectivity index (χ0v) is 22.9. The Labute approximate surface area is 220 Å². The van der Waals surface area contributed by atoms with Crippen molar-refractivity contribution in [2.45, 2.75) is 51.6 Å². The fraction of sp³-hybridized carbons (Fsp3) is 0.310. The van der Waals surface area contributed by atoms with E-state index < -0.39 is 28.5 Å². The van der Waals surface area contributed by atoms with Crippen molar-refractivity contribution in [2.75, 3.05) is 17.9 Å². The molecule has 1 N–H and O–H groups in total. The van der Waals surface area contributed by atoms with Crippen molar-refractivity contribution >= 4 is 27.5 Å². The van der Waals surface area contributed by atoms with Gasteiger partial charge in [-0.25, -0.2) is 8.42 Å². The van der Waals surface area contributed by atoms with Gasteiger partial charge in [0.25, 0.3) is 10.0 Å². The average molecular weight is 522 g/mol. The molecule has 3 rings (SSSR count). The summed E-state index contributed by atoms with van der Waals surface area (Å²) in [7, 11) is -2.55. The van der Waals surface area contributed by atoms with Gasteiger partial charge in [-0.15, -0.1) is 0 Å². The minimum absolute atomic E-state index is 0.0961. The van der Waals surface area contributed by atoms with E-state index in [1.807, 2.05) is 70.2 Å². The second kappa shape index (κ2) is 12.1. The molecule has 0 spiro atoms. The molecule has 8 heteroatoms. The minimum atomic E-state index is -4.08. The zero-order chi connectivity index (χ0) is 27.2. The molecule has 0 aromatic heterocycles. The predicted molar refractivity (Wildman–Crippen MR) is 147 cm³/mol. The first kappa shape index (κ1) is 27.9. The highest BCUT2D eigenvalue weighted by Crippen LogP contribution is 2.28. The van der Waals surface area contributed by atoms with Crippen LogP contribution in [0.4, 0.5) is 5.69 Å². The van der Waals surface area contributed by atoms with Crippen LogP contribution >= 0.6 is 0 Å². The largest absolute Gasteiger partial charge is 0.357 e. The summed E-state index contributed by atoms with van der Waals surface area (Å²) in [6.07, 6.45) is 0.381. The van der Waals surface area contributed by atoms with E-state index >= 15 is 0 Å². The number of likely N-dealkylation sites (N-methyl/N-ethyl adjacent to an activating group) is 1. The topological polar surface area (TPSA) is 86.8 Å². The quantitative estimate of drug-likeness (QED) is 0.430. The third-order valence-electron chi connectivity index (χ3n) is 6.34. The summed E-state index contributed by atoms with van der Waals surface area (Å²) in [5, 5.41) is 2.63. The summed E-state index contributed by atoms with van der Waals surface area (Å²) in [6, 6.07) is 20.6. The van der Waals surface area contributed by atoms with Crippen molar-refractivity contribution in [3.05, 3.63) is 95.1 Å². The number of sulfonamides is 1. The fourth-order valence-corrected chi connectivity index (χ4v) is 5.78. The molecule has 3 aromatic carbocycles. The van der Waals surface area contributed by atoms with Gasteiger partial charge in [0, 0.05) is 13.6 Å². The van der Waals surface area contributed by atoms with Gasteiger partial charge in [-0.1, -0.05) is 72.6 Å². The van der Waals surface area contributed by atoms with Gasteiger partial charge in [0.05, 0.1) is 10.6 Å². The van der Waals surface area contributed by atoms with Crippen LogP contribution in [0.3, 0.4) is 0 Å². The van der Waals surface area contributed by atoms with Crippen LogP contribution < -0.4 is 9.62 Å². The summed E-state index contributed by atoms with van der Waals surface area (Å²) in [5.41, 5.74) is 3.91. The number of benzene rings is 3. The lowest BCUT2D eigenvalue weighted by molar-refractivity contribution is -0.140. The van der Waals surface area contributed by atoms with Gasteiger partial charge in [-0.2, -0.15) is 0 Å². The summed E-state index contributed by atoms with van der Waals surface area (Å²) in [4.78, 5) is 28.2. The normalized spacial score (nSPS) is 12.0. The molecule has 0 bridgehead atoms. The van der Waals surface area contributed by atoms with Crippen molar-refractivity contribution < 1.29 is 18.0 Å². The summed E-state index contributed by atoms with van der Waals surface area (Å²) in [5.74, 6) is -0.763. The molecule has 7 nitrogen and oxygen atoms in total.